The highest BCUT2D eigenvalue weighted by atomic mass is 32.2. The lowest BCUT2D eigenvalue weighted by molar-refractivity contribution is -0.142. The molecule has 0 radical (unpaired) electrons. The Morgan fingerprint density at radius 1 is 1.48 bits per heavy atom. The molecule has 0 aliphatic rings. The van der Waals surface area contributed by atoms with Gasteiger partial charge in [0.15, 0.2) is 0 Å². The molecule has 112 valence electrons. The first-order valence-corrected chi connectivity index (χ1v) is 6.56. The van der Waals surface area contributed by atoms with Crippen molar-refractivity contribution in [2.45, 2.75) is 23.7 Å². The molecular weight excluding hydrogens is 307 g/mol. The van der Waals surface area contributed by atoms with Crippen molar-refractivity contribution in [3.63, 3.8) is 0 Å². The van der Waals surface area contributed by atoms with Gasteiger partial charge in [0.1, 0.15) is 6.29 Å². The van der Waals surface area contributed by atoms with Gasteiger partial charge in [0.25, 0.3) is 0 Å². The van der Waals surface area contributed by atoms with Crippen LogP contribution in [0.1, 0.15) is 28.4 Å². The number of ether oxygens (including phenoxy) is 1. The molecule has 1 aromatic rings. The minimum absolute atomic E-state index is 0.0671. The summed E-state index contributed by atoms with van der Waals surface area (Å²) in [7, 11) is 0. The molecule has 0 saturated heterocycles. The van der Waals surface area contributed by atoms with Crippen molar-refractivity contribution in [1.29, 1.82) is 5.26 Å². The van der Waals surface area contributed by atoms with Crippen molar-refractivity contribution >= 4 is 24.0 Å². The van der Waals surface area contributed by atoms with Crippen LogP contribution in [0.25, 0.3) is 0 Å². The van der Waals surface area contributed by atoms with Crippen molar-refractivity contribution in [3.8, 4) is 6.07 Å². The SMILES string of the molecule is CCOC(=O)Cc1c(C#N)cc(SC(F)(F)F)cc1C=O. The molecule has 21 heavy (non-hydrogen) atoms. The van der Waals surface area contributed by atoms with Gasteiger partial charge >= 0.3 is 11.5 Å². The van der Waals surface area contributed by atoms with Crippen molar-refractivity contribution in [2.24, 2.45) is 0 Å². The zero-order chi connectivity index (χ0) is 16.0. The van der Waals surface area contributed by atoms with Crippen LogP contribution in [0, 0.1) is 11.3 Å². The maximum Gasteiger partial charge on any atom is 0.446 e. The third kappa shape index (κ3) is 5.11. The molecule has 0 aliphatic heterocycles. The number of nitriles is 1. The summed E-state index contributed by atoms with van der Waals surface area (Å²) in [6.07, 6.45) is -0.0302. The number of carbonyl (C=O) groups is 2. The normalized spacial score (nSPS) is 10.8. The van der Waals surface area contributed by atoms with Gasteiger partial charge in [-0.05, 0) is 36.4 Å². The number of alkyl halides is 3. The molecule has 0 spiro atoms. The van der Waals surface area contributed by atoms with E-state index in [1.54, 1.807) is 13.0 Å². The highest BCUT2D eigenvalue weighted by Crippen LogP contribution is 2.38. The maximum absolute atomic E-state index is 12.3. The zero-order valence-electron chi connectivity index (χ0n) is 10.9. The summed E-state index contributed by atoms with van der Waals surface area (Å²) in [6.45, 7) is 1.71. The van der Waals surface area contributed by atoms with Crippen LogP contribution in [-0.4, -0.2) is 24.4 Å². The fourth-order valence-corrected chi connectivity index (χ4v) is 2.25. The summed E-state index contributed by atoms with van der Waals surface area (Å²) in [5, 5.41) is 9.00. The molecule has 0 aliphatic carbocycles. The molecule has 0 fully saturated rings. The molecule has 0 heterocycles. The van der Waals surface area contributed by atoms with Crippen LogP contribution in [0.5, 0.6) is 0 Å². The summed E-state index contributed by atoms with van der Waals surface area (Å²) >= 11 is -0.429. The van der Waals surface area contributed by atoms with Crippen molar-refractivity contribution in [3.05, 3.63) is 28.8 Å². The van der Waals surface area contributed by atoms with E-state index in [0.29, 0.717) is 6.29 Å². The second-order valence-electron chi connectivity index (χ2n) is 3.80. The highest BCUT2D eigenvalue weighted by Gasteiger charge is 2.30. The molecule has 0 atom stereocenters. The van der Waals surface area contributed by atoms with Gasteiger partial charge in [-0.2, -0.15) is 18.4 Å². The van der Waals surface area contributed by atoms with E-state index in [4.69, 9.17) is 10.00 Å². The average Bonchev–Trinajstić information content (AvgIpc) is 2.38. The molecule has 0 unspecified atom stereocenters. The van der Waals surface area contributed by atoms with Crippen LogP contribution < -0.4 is 0 Å². The van der Waals surface area contributed by atoms with Gasteiger partial charge in [0, 0.05) is 10.5 Å². The van der Waals surface area contributed by atoms with Crippen LogP contribution in [0.4, 0.5) is 13.2 Å². The number of nitrogens with zero attached hydrogens (tertiary/aromatic N) is 1. The number of rotatable bonds is 5. The number of carbonyl (C=O) groups excluding carboxylic acids is 2. The molecular formula is C13H10F3NO3S. The monoisotopic (exact) mass is 317 g/mol. The first-order valence-electron chi connectivity index (χ1n) is 5.74. The molecule has 8 heteroatoms. The van der Waals surface area contributed by atoms with Crippen molar-refractivity contribution in [1.82, 2.24) is 0 Å². The Hall–Kier alpha value is -2.01. The van der Waals surface area contributed by atoms with E-state index >= 15 is 0 Å². The minimum atomic E-state index is -4.53. The Morgan fingerprint density at radius 3 is 2.62 bits per heavy atom. The number of aldehydes is 1. The molecule has 0 saturated carbocycles. The fraction of sp³-hybridized carbons (Fsp3) is 0.308. The summed E-state index contributed by atoms with van der Waals surface area (Å²) in [6, 6.07) is 3.70. The highest BCUT2D eigenvalue weighted by molar-refractivity contribution is 8.00. The summed E-state index contributed by atoms with van der Waals surface area (Å²) < 4.78 is 41.7. The average molecular weight is 317 g/mol. The standard InChI is InChI=1S/C13H10F3NO3S/c1-2-20-12(19)5-11-8(6-17)3-10(4-9(11)7-18)21-13(14,15)16/h3-4,7H,2,5H2,1H3. The van der Waals surface area contributed by atoms with E-state index in [9.17, 15) is 22.8 Å². The van der Waals surface area contributed by atoms with Crippen LogP contribution >= 0.6 is 11.8 Å². The smallest absolute Gasteiger partial charge is 0.446 e. The number of thioether (sulfide) groups is 1. The first kappa shape index (κ1) is 17.0. The Kier molecular flexibility index (Phi) is 5.79. The molecule has 4 nitrogen and oxygen atoms in total. The van der Waals surface area contributed by atoms with Crippen LogP contribution in [0.15, 0.2) is 17.0 Å². The van der Waals surface area contributed by atoms with Crippen molar-refractivity contribution in [2.75, 3.05) is 6.61 Å². The van der Waals surface area contributed by atoms with E-state index < -0.39 is 23.2 Å². The van der Waals surface area contributed by atoms with E-state index in [0.717, 1.165) is 12.1 Å². The Balaban J connectivity index is 3.22. The number of esters is 1. The van der Waals surface area contributed by atoms with E-state index in [2.05, 4.69) is 0 Å². The van der Waals surface area contributed by atoms with Gasteiger partial charge < -0.3 is 4.74 Å². The lowest BCUT2D eigenvalue weighted by atomic mass is 9.99. The third-order valence-corrected chi connectivity index (χ3v) is 3.07. The van der Waals surface area contributed by atoms with Crippen LogP contribution in [0.3, 0.4) is 0 Å². The molecule has 1 aromatic carbocycles. The third-order valence-electron chi connectivity index (χ3n) is 2.37. The summed E-state index contributed by atoms with van der Waals surface area (Å²) in [5.41, 5.74) is -4.75. The number of hydrogen-bond donors (Lipinski definition) is 0. The predicted octanol–water partition coefficient (Wildman–Crippen LogP) is 3.09. The van der Waals surface area contributed by atoms with Crippen LogP contribution in [-0.2, 0) is 16.0 Å². The van der Waals surface area contributed by atoms with Crippen molar-refractivity contribution < 1.29 is 27.5 Å². The van der Waals surface area contributed by atoms with Gasteiger partial charge in [0.2, 0.25) is 0 Å². The quantitative estimate of drug-likeness (QED) is 0.474. The maximum atomic E-state index is 12.3. The second kappa shape index (κ2) is 7.13. The van der Waals surface area contributed by atoms with E-state index in [-0.39, 0.29) is 34.6 Å². The topological polar surface area (TPSA) is 67.2 Å². The lowest BCUT2D eigenvalue weighted by Gasteiger charge is -2.11. The Labute approximate surface area is 122 Å². The molecule has 1 rings (SSSR count). The van der Waals surface area contributed by atoms with Gasteiger partial charge in [-0.15, -0.1) is 0 Å². The number of halogens is 3. The van der Waals surface area contributed by atoms with Gasteiger partial charge in [0.05, 0.1) is 24.7 Å². The fourth-order valence-electron chi connectivity index (χ4n) is 1.62. The Bertz CT molecular complexity index is 594. The second-order valence-corrected chi connectivity index (χ2v) is 4.94. The zero-order valence-corrected chi connectivity index (χ0v) is 11.7. The lowest BCUT2D eigenvalue weighted by Crippen LogP contribution is -2.11. The molecule has 0 N–H and O–H groups in total. The number of hydrogen-bond acceptors (Lipinski definition) is 5. The van der Waals surface area contributed by atoms with E-state index in [1.807, 2.05) is 0 Å². The largest absolute Gasteiger partial charge is 0.466 e. The first-order chi connectivity index (χ1) is 9.80. The minimum Gasteiger partial charge on any atom is -0.466 e. The molecule has 0 aromatic heterocycles. The molecule has 0 amide bonds. The van der Waals surface area contributed by atoms with E-state index in [1.165, 1.54) is 0 Å². The van der Waals surface area contributed by atoms with Gasteiger partial charge in [-0.1, -0.05) is 0 Å². The predicted molar refractivity (Wildman–Crippen MR) is 68.8 cm³/mol. The molecule has 0 bridgehead atoms. The summed E-state index contributed by atoms with van der Waals surface area (Å²) in [4.78, 5) is 22.1. The Morgan fingerprint density at radius 2 is 2.14 bits per heavy atom. The number of benzene rings is 1. The summed E-state index contributed by atoms with van der Waals surface area (Å²) in [5.74, 6) is -0.659. The van der Waals surface area contributed by atoms with Gasteiger partial charge in [-0.25, -0.2) is 0 Å². The van der Waals surface area contributed by atoms with Crippen LogP contribution in [0.2, 0.25) is 0 Å². The van der Waals surface area contributed by atoms with Gasteiger partial charge in [-0.3, -0.25) is 9.59 Å².